The number of benzene rings is 2. The van der Waals surface area contributed by atoms with Gasteiger partial charge in [0.1, 0.15) is 0 Å². The molecule has 104 valence electrons. The summed E-state index contributed by atoms with van der Waals surface area (Å²) in [4.78, 5) is 13.1. The van der Waals surface area contributed by atoms with Crippen LogP contribution in [0.1, 0.15) is 22.8 Å². The number of hydrogen-bond donors (Lipinski definition) is 1. The van der Waals surface area contributed by atoms with Gasteiger partial charge in [0.15, 0.2) is 0 Å². The van der Waals surface area contributed by atoms with Crippen molar-refractivity contribution in [2.75, 3.05) is 11.4 Å². The second-order valence-corrected chi connectivity index (χ2v) is 4.87. The van der Waals surface area contributed by atoms with Crippen LogP contribution in [-0.2, 0) is 6.54 Å². The summed E-state index contributed by atoms with van der Waals surface area (Å²) in [5, 5.41) is 9.42. The molecular weight excluding hydrogens is 274 g/mol. The van der Waals surface area contributed by atoms with E-state index in [0.29, 0.717) is 11.6 Å². The Labute approximate surface area is 123 Å². The van der Waals surface area contributed by atoms with Crippen molar-refractivity contribution in [3.05, 3.63) is 64.7 Å². The van der Waals surface area contributed by atoms with E-state index in [-0.39, 0.29) is 5.56 Å². The van der Waals surface area contributed by atoms with Crippen molar-refractivity contribution < 1.29 is 9.90 Å². The number of anilines is 1. The number of hydrogen-bond acceptors (Lipinski definition) is 2. The van der Waals surface area contributed by atoms with E-state index in [2.05, 4.69) is 11.8 Å². The Hall–Kier alpha value is -2.00. The van der Waals surface area contributed by atoms with Gasteiger partial charge in [-0.3, -0.25) is 0 Å². The van der Waals surface area contributed by atoms with E-state index in [0.717, 1.165) is 17.8 Å². The zero-order valence-electron chi connectivity index (χ0n) is 11.2. The summed E-state index contributed by atoms with van der Waals surface area (Å²) >= 11 is 6.17. The SMILES string of the molecule is CCN(Cc1ccc(C(=O)O)cc1Cl)c1ccccc1. The van der Waals surface area contributed by atoms with Crippen LogP contribution >= 0.6 is 11.6 Å². The molecule has 0 aliphatic heterocycles. The van der Waals surface area contributed by atoms with Crippen LogP contribution in [0.3, 0.4) is 0 Å². The molecule has 2 rings (SSSR count). The monoisotopic (exact) mass is 289 g/mol. The van der Waals surface area contributed by atoms with E-state index in [1.165, 1.54) is 6.07 Å². The van der Waals surface area contributed by atoms with Crippen molar-refractivity contribution in [1.29, 1.82) is 0 Å². The Bertz CT molecular complexity index is 599. The van der Waals surface area contributed by atoms with Crippen LogP contribution < -0.4 is 4.90 Å². The zero-order valence-corrected chi connectivity index (χ0v) is 12.0. The lowest BCUT2D eigenvalue weighted by atomic mass is 10.1. The van der Waals surface area contributed by atoms with Gasteiger partial charge in [0.05, 0.1) is 5.56 Å². The van der Waals surface area contributed by atoms with Gasteiger partial charge >= 0.3 is 5.97 Å². The fourth-order valence-corrected chi connectivity index (χ4v) is 2.28. The number of carboxylic acid groups (broad SMARTS) is 1. The maximum absolute atomic E-state index is 10.9. The second-order valence-electron chi connectivity index (χ2n) is 4.46. The predicted octanol–water partition coefficient (Wildman–Crippen LogP) is 4.06. The number of aromatic carboxylic acids is 1. The summed E-state index contributed by atoms with van der Waals surface area (Å²) in [5.41, 5.74) is 2.25. The van der Waals surface area contributed by atoms with E-state index >= 15 is 0 Å². The molecule has 0 atom stereocenters. The van der Waals surface area contributed by atoms with Gasteiger partial charge in [-0.25, -0.2) is 4.79 Å². The van der Waals surface area contributed by atoms with Crippen molar-refractivity contribution in [3.8, 4) is 0 Å². The number of para-hydroxylation sites is 1. The first kappa shape index (κ1) is 14.4. The summed E-state index contributed by atoms with van der Waals surface area (Å²) in [6.07, 6.45) is 0. The molecule has 0 bridgehead atoms. The molecule has 2 aromatic rings. The maximum Gasteiger partial charge on any atom is 0.335 e. The van der Waals surface area contributed by atoms with Gasteiger partial charge in [-0.15, -0.1) is 0 Å². The van der Waals surface area contributed by atoms with Crippen molar-refractivity contribution in [2.24, 2.45) is 0 Å². The molecule has 1 N–H and O–H groups in total. The first-order valence-electron chi connectivity index (χ1n) is 6.43. The lowest BCUT2D eigenvalue weighted by molar-refractivity contribution is 0.0697. The van der Waals surface area contributed by atoms with Crippen LogP contribution in [0.2, 0.25) is 5.02 Å². The average Bonchev–Trinajstić information content (AvgIpc) is 2.46. The van der Waals surface area contributed by atoms with Gasteiger partial charge in [0.25, 0.3) is 0 Å². The third kappa shape index (κ3) is 3.31. The lowest BCUT2D eigenvalue weighted by Crippen LogP contribution is -2.22. The van der Waals surface area contributed by atoms with E-state index in [9.17, 15) is 4.79 Å². The number of carboxylic acids is 1. The minimum atomic E-state index is -0.964. The molecule has 0 amide bonds. The topological polar surface area (TPSA) is 40.5 Å². The smallest absolute Gasteiger partial charge is 0.335 e. The molecule has 0 aromatic heterocycles. The highest BCUT2D eigenvalue weighted by atomic mass is 35.5. The van der Waals surface area contributed by atoms with Gasteiger partial charge < -0.3 is 10.0 Å². The number of halogens is 1. The Morgan fingerprint density at radius 3 is 2.45 bits per heavy atom. The van der Waals surface area contributed by atoms with Gasteiger partial charge in [0.2, 0.25) is 0 Å². The molecule has 3 nitrogen and oxygen atoms in total. The molecule has 0 radical (unpaired) electrons. The van der Waals surface area contributed by atoms with E-state index in [1.54, 1.807) is 12.1 Å². The zero-order chi connectivity index (χ0) is 14.5. The van der Waals surface area contributed by atoms with E-state index < -0.39 is 5.97 Å². The molecule has 4 heteroatoms. The average molecular weight is 290 g/mol. The molecule has 0 heterocycles. The largest absolute Gasteiger partial charge is 0.478 e. The summed E-state index contributed by atoms with van der Waals surface area (Å²) < 4.78 is 0. The number of carbonyl (C=O) groups is 1. The van der Waals surface area contributed by atoms with Crippen LogP contribution in [0, 0.1) is 0 Å². The third-order valence-corrected chi connectivity index (χ3v) is 3.52. The highest BCUT2D eigenvalue weighted by Crippen LogP contribution is 2.22. The van der Waals surface area contributed by atoms with E-state index in [4.69, 9.17) is 16.7 Å². The Balaban J connectivity index is 2.22. The third-order valence-electron chi connectivity index (χ3n) is 3.16. The van der Waals surface area contributed by atoms with Crippen molar-refractivity contribution >= 4 is 23.3 Å². The van der Waals surface area contributed by atoms with Crippen molar-refractivity contribution in [3.63, 3.8) is 0 Å². The molecule has 0 spiro atoms. The number of rotatable bonds is 5. The Morgan fingerprint density at radius 2 is 1.90 bits per heavy atom. The maximum atomic E-state index is 10.9. The predicted molar refractivity (Wildman–Crippen MR) is 81.6 cm³/mol. The highest BCUT2D eigenvalue weighted by molar-refractivity contribution is 6.31. The van der Waals surface area contributed by atoms with Crippen LogP contribution in [-0.4, -0.2) is 17.6 Å². The van der Waals surface area contributed by atoms with Crippen molar-refractivity contribution in [1.82, 2.24) is 0 Å². The molecule has 0 saturated carbocycles. The fourth-order valence-electron chi connectivity index (χ4n) is 2.04. The summed E-state index contributed by atoms with van der Waals surface area (Å²) in [5.74, 6) is -0.964. The lowest BCUT2D eigenvalue weighted by Gasteiger charge is -2.23. The van der Waals surface area contributed by atoms with Crippen LogP contribution in [0.5, 0.6) is 0 Å². The van der Waals surface area contributed by atoms with Gasteiger partial charge in [-0.05, 0) is 36.8 Å². The first-order valence-corrected chi connectivity index (χ1v) is 6.81. The molecule has 0 saturated heterocycles. The van der Waals surface area contributed by atoms with Gasteiger partial charge in [-0.1, -0.05) is 35.9 Å². The van der Waals surface area contributed by atoms with Gasteiger partial charge in [0, 0.05) is 23.8 Å². The molecule has 2 aromatic carbocycles. The molecule has 0 aliphatic carbocycles. The van der Waals surface area contributed by atoms with Crippen molar-refractivity contribution in [2.45, 2.75) is 13.5 Å². The molecule has 0 fully saturated rings. The molecule has 20 heavy (non-hydrogen) atoms. The standard InChI is InChI=1S/C16H16ClNO2/c1-2-18(14-6-4-3-5-7-14)11-13-9-8-12(16(19)20)10-15(13)17/h3-10H,2,11H2,1H3,(H,19,20). The minimum absolute atomic E-state index is 0.210. The summed E-state index contributed by atoms with van der Waals surface area (Å²) in [7, 11) is 0. The summed E-state index contributed by atoms with van der Waals surface area (Å²) in [6, 6.07) is 14.9. The van der Waals surface area contributed by atoms with Crippen LogP contribution in [0.4, 0.5) is 5.69 Å². The van der Waals surface area contributed by atoms with Crippen LogP contribution in [0.25, 0.3) is 0 Å². The summed E-state index contributed by atoms with van der Waals surface area (Å²) in [6.45, 7) is 3.58. The van der Waals surface area contributed by atoms with Gasteiger partial charge in [-0.2, -0.15) is 0 Å². The number of nitrogens with zero attached hydrogens (tertiary/aromatic N) is 1. The highest BCUT2D eigenvalue weighted by Gasteiger charge is 2.10. The van der Waals surface area contributed by atoms with Crippen LogP contribution in [0.15, 0.2) is 48.5 Å². The van der Waals surface area contributed by atoms with E-state index in [1.807, 2.05) is 30.3 Å². The molecule has 0 unspecified atom stereocenters. The fraction of sp³-hybridized carbons (Fsp3) is 0.188. The Morgan fingerprint density at radius 1 is 1.20 bits per heavy atom. The Kier molecular flexibility index (Phi) is 4.64. The second kappa shape index (κ2) is 6.44. The molecular formula is C16H16ClNO2. The quantitative estimate of drug-likeness (QED) is 0.902. The minimum Gasteiger partial charge on any atom is -0.478 e. The normalized spacial score (nSPS) is 10.3. The first-order chi connectivity index (χ1) is 9.61. The molecule has 0 aliphatic rings.